The van der Waals surface area contributed by atoms with E-state index in [1.807, 2.05) is 19.1 Å². The first-order chi connectivity index (χ1) is 11.9. The Hall–Kier alpha value is -2.73. The second kappa shape index (κ2) is 6.64. The van der Waals surface area contributed by atoms with E-state index in [1.165, 1.54) is 29.2 Å². The first kappa shape index (κ1) is 17.1. The van der Waals surface area contributed by atoms with Crippen molar-refractivity contribution in [2.45, 2.75) is 26.0 Å². The van der Waals surface area contributed by atoms with E-state index in [1.54, 1.807) is 19.1 Å². The number of hydrogen-bond donors (Lipinski definition) is 1. The number of hydrogen-bond acceptors (Lipinski definition) is 3. The van der Waals surface area contributed by atoms with Gasteiger partial charge in [0, 0.05) is 5.69 Å². The van der Waals surface area contributed by atoms with Crippen LogP contribution in [0.3, 0.4) is 0 Å². The molecule has 2 unspecified atom stereocenters. The van der Waals surface area contributed by atoms with E-state index < -0.39 is 24.0 Å². The summed E-state index contributed by atoms with van der Waals surface area (Å²) < 4.78 is 13.1. The fourth-order valence-electron chi connectivity index (χ4n) is 2.90. The van der Waals surface area contributed by atoms with Crippen LogP contribution in [0.25, 0.3) is 0 Å². The van der Waals surface area contributed by atoms with Gasteiger partial charge >= 0.3 is 6.03 Å². The van der Waals surface area contributed by atoms with Gasteiger partial charge in [-0.05, 0) is 43.7 Å². The molecule has 1 fully saturated rings. The Morgan fingerprint density at radius 2 is 1.68 bits per heavy atom. The number of β-amino-alcohol motifs (C(OH)–C–C–N with tert-alkyl or cyclic N) is 1. The van der Waals surface area contributed by atoms with Gasteiger partial charge in [-0.2, -0.15) is 0 Å². The Kier molecular flexibility index (Phi) is 4.55. The van der Waals surface area contributed by atoms with Crippen molar-refractivity contribution in [2.24, 2.45) is 0 Å². The SMILES string of the molecule is Cc1ccc(C(O)CN2C(=O)C(C)N(c3ccc(F)cc3)C2=O)cc1. The van der Waals surface area contributed by atoms with Crippen LogP contribution < -0.4 is 4.90 Å². The van der Waals surface area contributed by atoms with Crippen molar-refractivity contribution in [3.8, 4) is 0 Å². The average molecular weight is 342 g/mol. The van der Waals surface area contributed by atoms with E-state index >= 15 is 0 Å². The average Bonchev–Trinajstić information content (AvgIpc) is 2.80. The third-order valence-corrected chi connectivity index (χ3v) is 4.37. The molecule has 1 aliphatic rings. The molecule has 5 nitrogen and oxygen atoms in total. The molecule has 0 spiro atoms. The number of carbonyl (C=O) groups excluding carboxylic acids is 2. The van der Waals surface area contributed by atoms with Crippen LogP contribution in [0, 0.1) is 12.7 Å². The van der Waals surface area contributed by atoms with Crippen molar-refractivity contribution in [1.29, 1.82) is 0 Å². The normalized spacial score (nSPS) is 18.8. The van der Waals surface area contributed by atoms with E-state index in [4.69, 9.17) is 0 Å². The number of urea groups is 1. The number of aliphatic hydroxyl groups is 1. The summed E-state index contributed by atoms with van der Waals surface area (Å²) in [7, 11) is 0. The molecule has 1 aliphatic heterocycles. The van der Waals surface area contributed by atoms with Gasteiger partial charge in [-0.25, -0.2) is 9.18 Å². The van der Waals surface area contributed by atoms with Crippen molar-refractivity contribution in [2.75, 3.05) is 11.4 Å². The molecule has 2 aromatic carbocycles. The zero-order valence-electron chi connectivity index (χ0n) is 14.0. The molecule has 0 bridgehead atoms. The van der Waals surface area contributed by atoms with Crippen LogP contribution in [0.1, 0.15) is 24.2 Å². The van der Waals surface area contributed by atoms with E-state index in [0.717, 1.165) is 10.5 Å². The van der Waals surface area contributed by atoms with Crippen molar-refractivity contribution < 1.29 is 19.1 Å². The second-order valence-corrected chi connectivity index (χ2v) is 6.18. The Morgan fingerprint density at radius 3 is 2.28 bits per heavy atom. The summed E-state index contributed by atoms with van der Waals surface area (Å²) in [6.07, 6.45) is -0.964. The van der Waals surface area contributed by atoms with Gasteiger partial charge in [0.1, 0.15) is 11.9 Å². The fraction of sp³-hybridized carbons (Fsp3) is 0.263. The molecular weight excluding hydrogens is 323 g/mol. The third kappa shape index (κ3) is 3.25. The lowest BCUT2D eigenvalue weighted by Crippen LogP contribution is -2.36. The van der Waals surface area contributed by atoms with Crippen molar-refractivity contribution in [1.82, 2.24) is 4.90 Å². The maximum absolute atomic E-state index is 13.1. The standard InChI is InChI=1S/C19H19FN2O3/c1-12-3-5-14(6-4-12)17(23)11-21-18(24)13(2)22(19(21)25)16-9-7-15(20)8-10-16/h3-10,13,17,23H,11H2,1-2H3. The number of anilines is 1. The van der Waals surface area contributed by atoms with Crippen molar-refractivity contribution in [3.63, 3.8) is 0 Å². The minimum Gasteiger partial charge on any atom is -0.387 e. The molecule has 6 heteroatoms. The number of imide groups is 1. The summed E-state index contributed by atoms with van der Waals surface area (Å²) in [6.45, 7) is 3.43. The van der Waals surface area contributed by atoms with Gasteiger partial charge in [0.05, 0.1) is 12.6 Å². The lowest BCUT2D eigenvalue weighted by atomic mass is 10.1. The predicted octanol–water partition coefficient (Wildman–Crippen LogP) is 3.02. The fourth-order valence-corrected chi connectivity index (χ4v) is 2.90. The molecule has 0 aliphatic carbocycles. The molecular formula is C19H19FN2O3. The highest BCUT2D eigenvalue weighted by atomic mass is 19.1. The molecule has 3 amide bonds. The first-order valence-corrected chi connectivity index (χ1v) is 8.03. The molecule has 1 saturated heterocycles. The van der Waals surface area contributed by atoms with Crippen LogP contribution in [0.2, 0.25) is 0 Å². The molecule has 25 heavy (non-hydrogen) atoms. The van der Waals surface area contributed by atoms with Gasteiger partial charge in [0.15, 0.2) is 0 Å². The molecule has 1 heterocycles. The van der Waals surface area contributed by atoms with Crippen molar-refractivity contribution in [3.05, 3.63) is 65.5 Å². The lowest BCUT2D eigenvalue weighted by molar-refractivity contribution is -0.127. The van der Waals surface area contributed by atoms with Crippen LogP contribution in [0.4, 0.5) is 14.9 Å². The highest BCUT2D eigenvalue weighted by molar-refractivity contribution is 6.14. The summed E-state index contributed by atoms with van der Waals surface area (Å²) >= 11 is 0. The minimum atomic E-state index is -0.964. The number of amides is 3. The van der Waals surface area contributed by atoms with Gasteiger partial charge < -0.3 is 5.11 Å². The zero-order chi connectivity index (χ0) is 18.1. The van der Waals surface area contributed by atoms with Gasteiger partial charge in [-0.15, -0.1) is 0 Å². The Labute approximate surface area is 145 Å². The smallest absolute Gasteiger partial charge is 0.332 e. The number of nitrogens with zero attached hydrogens (tertiary/aromatic N) is 2. The predicted molar refractivity (Wildman–Crippen MR) is 91.6 cm³/mol. The quantitative estimate of drug-likeness (QED) is 0.869. The van der Waals surface area contributed by atoms with Gasteiger partial charge in [0.25, 0.3) is 5.91 Å². The second-order valence-electron chi connectivity index (χ2n) is 6.18. The Morgan fingerprint density at radius 1 is 1.08 bits per heavy atom. The van der Waals surface area contributed by atoms with Crippen LogP contribution in [0.5, 0.6) is 0 Å². The summed E-state index contributed by atoms with van der Waals surface area (Å²) in [4.78, 5) is 27.5. The summed E-state index contributed by atoms with van der Waals surface area (Å²) in [5, 5.41) is 10.4. The van der Waals surface area contributed by atoms with Crippen LogP contribution >= 0.6 is 0 Å². The molecule has 130 valence electrons. The molecule has 0 radical (unpaired) electrons. The van der Waals surface area contributed by atoms with Crippen LogP contribution in [-0.4, -0.2) is 34.5 Å². The Balaban J connectivity index is 1.80. The highest BCUT2D eigenvalue weighted by Crippen LogP contribution is 2.27. The van der Waals surface area contributed by atoms with Crippen LogP contribution in [0.15, 0.2) is 48.5 Å². The molecule has 0 aromatic heterocycles. The topological polar surface area (TPSA) is 60.9 Å². The first-order valence-electron chi connectivity index (χ1n) is 8.03. The third-order valence-electron chi connectivity index (χ3n) is 4.37. The summed E-state index contributed by atoms with van der Waals surface area (Å²) in [5.41, 5.74) is 2.14. The number of carbonyl (C=O) groups is 2. The van der Waals surface area contributed by atoms with E-state index in [9.17, 15) is 19.1 Å². The van der Waals surface area contributed by atoms with E-state index in [0.29, 0.717) is 11.3 Å². The minimum absolute atomic E-state index is 0.122. The molecule has 3 rings (SSSR count). The number of benzene rings is 2. The van der Waals surface area contributed by atoms with E-state index in [2.05, 4.69) is 0 Å². The van der Waals surface area contributed by atoms with Crippen LogP contribution in [-0.2, 0) is 4.79 Å². The zero-order valence-corrected chi connectivity index (χ0v) is 14.0. The molecule has 1 N–H and O–H groups in total. The van der Waals surface area contributed by atoms with Gasteiger partial charge in [0.2, 0.25) is 0 Å². The molecule has 0 saturated carbocycles. The largest absolute Gasteiger partial charge is 0.387 e. The molecule has 2 atom stereocenters. The van der Waals surface area contributed by atoms with Crippen molar-refractivity contribution >= 4 is 17.6 Å². The summed E-state index contributed by atoms with van der Waals surface area (Å²) in [5.74, 6) is -0.804. The molecule has 2 aromatic rings. The van der Waals surface area contributed by atoms with E-state index in [-0.39, 0.29) is 12.5 Å². The lowest BCUT2D eigenvalue weighted by Gasteiger charge is -2.20. The summed E-state index contributed by atoms with van der Waals surface area (Å²) in [6, 6.07) is 11.4. The number of halogens is 1. The van der Waals surface area contributed by atoms with Gasteiger partial charge in [-0.1, -0.05) is 29.8 Å². The number of rotatable bonds is 4. The monoisotopic (exact) mass is 342 g/mol. The highest BCUT2D eigenvalue weighted by Gasteiger charge is 2.43. The number of aliphatic hydroxyl groups excluding tert-OH is 1. The van der Waals surface area contributed by atoms with Gasteiger partial charge in [-0.3, -0.25) is 14.6 Å². The number of aryl methyl sites for hydroxylation is 1. The Bertz CT molecular complexity index is 789. The maximum Gasteiger partial charge on any atom is 0.332 e. The maximum atomic E-state index is 13.1.